The molecule has 0 radical (unpaired) electrons. The van der Waals surface area contributed by atoms with E-state index in [0.29, 0.717) is 0 Å². The van der Waals surface area contributed by atoms with Gasteiger partial charge in [0.2, 0.25) is 0 Å². The third kappa shape index (κ3) is 1.94. The minimum atomic E-state index is -0.791. The Morgan fingerprint density at radius 3 is 2.60 bits per heavy atom. The number of Topliss-reactive ketones (excluding diaryl/α,β-unsaturated/α-hetero) is 1. The van der Waals surface area contributed by atoms with Crippen molar-refractivity contribution in [1.29, 1.82) is 0 Å². The van der Waals surface area contributed by atoms with Crippen molar-refractivity contribution in [2.45, 2.75) is 19.4 Å². The van der Waals surface area contributed by atoms with Crippen LogP contribution in [0.1, 0.15) is 23.5 Å². The first-order chi connectivity index (χ1) is 6.98. The lowest BCUT2D eigenvalue weighted by molar-refractivity contribution is 0.0918. The summed E-state index contributed by atoms with van der Waals surface area (Å²) < 4.78 is 1.13. The number of hydrogen-bond acceptors (Lipinski definition) is 3. The van der Waals surface area contributed by atoms with Crippen LogP contribution in [-0.4, -0.2) is 11.3 Å². The molecule has 0 bridgehead atoms. The number of fused-ring (bicyclic) bond motifs is 1. The summed E-state index contributed by atoms with van der Waals surface area (Å²) in [4.78, 5) is 12.7. The van der Waals surface area contributed by atoms with Gasteiger partial charge in [0.15, 0.2) is 5.78 Å². The molecule has 0 unspecified atom stereocenters. The van der Waals surface area contributed by atoms with Gasteiger partial charge in [0.1, 0.15) is 0 Å². The Bertz CT molecular complexity index is 475. The molecule has 78 valence electrons. The quantitative estimate of drug-likeness (QED) is 0.789. The van der Waals surface area contributed by atoms with Gasteiger partial charge < -0.3 is 5.73 Å². The Kier molecular flexibility index (Phi) is 2.37. The summed E-state index contributed by atoms with van der Waals surface area (Å²) in [5.74, 6) is 0.00343. The second-order valence-corrected chi connectivity index (χ2v) is 5.28. The minimum absolute atomic E-state index is 0.00343. The lowest BCUT2D eigenvalue weighted by atomic mass is 9.99. The molecule has 2 aromatic rings. The summed E-state index contributed by atoms with van der Waals surface area (Å²) >= 11 is 1.50. The zero-order valence-corrected chi connectivity index (χ0v) is 9.60. The molecule has 0 aliphatic carbocycles. The van der Waals surface area contributed by atoms with Crippen molar-refractivity contribution in [3.63, 3.8) is 0 Å². The number of nitrogens with two attached hydrogens (primary N) is 1. The van der Waals surface area contributed by atoms with Crippen LogP contribution in [0.2, 0.25) is 0 Å². The topological polar surface area (TPSA) is 43.1 Å². The van der Waals surface area contributed by atoms with Gasteiger partial charge in [-0.1, -0.05) is 18.2 Å². The van der Waals surface area contributed by atoms with Gasteiger partial charge >= 0.3 is 0 Å². The van der Waals surface area contributed by atoms with E-state index in [9.17, 15) is 4.79 Å². The van der Waals surface area contributed by atoms with Crippen molar-refractivity contribution in [3.05, 3.63) is 35.2 Å². The number of carbonyl (C=O) groups is 1. The monoisotopic (exact) mass is 219 g/mol. The maximum absolute atomic E-state index is 11.9. The summed E-state index contributed by atoms with van der Waals surface area (Å²) in [6.07, 6.45) is 0. The van der Waals surface area contributed by atoms with E-state index in [4.69, 9.17) is 5.73 Å². The maximum Gasteiger partial charge on any atom is 0.191 e. The fourth-order valence-electron chi connectivity index (χ4n) is 1.41. The van der Waals surface area contributed by atoms with Crippen LogP contribution in [0.3, 0.4) is 0 Å². The van der Waals surface area contributed by atoms with Gasteiger partial charge in [0.25, 0.3) is 0 Å². The van der Waals surface area contributed by atoms with Gasteiger partial charge in [-0.2, -0.15) is 0 Å². The van der Waals surface area contributed by atoms with E-state index in [-0.39, 0.29) is 5.78 Å². The van der Waals surface area contributed by atoms with Gasteiger partial charge in [0.05, 0.1) is 10.4 Å². The maximum atomic E-state index is 11.9. The van der Waals surface area contributed by atoms with Gasteiger partial charge in [-0.3, -0.25) is 4.79 Å². The number of hydrogen-bond donors (Lipinski definition) is 1. The Labute approximate surface area is 92.7 Å². The van der Waals surface area contributed by atoms with Crippen molar-refractivity contribution < 1.29 is 4.79 Å². The lowest BCUT2D eigenvalue weighted by Crippen LogP contribution is -2.41. The van der Waals surface area contributed by atoms with E-state index in [1.165, 1.54) is 11.3 Å². The average molecular weight is 219 g/mol. The SMILES string of the molecule is CC(C)(N)C(=O)c1cc2ccccc2s1. The van der Waals surface area contributed by atoms with Crippen LogP contribution in [0.5, 0.6) is 0 Å². The molecule has 1 heterocycles. The van der Waals surface area contributed by atoms with Crippen molar-refractivity contribution in [2.75, 3.05) is 0 Å². The van der Waals surface area contributed by atoms with E-state index >= 15 is 0 Å². The Morgan fingerprint density at radius 1 is 1.33 bits per heavy atom. The van der Waals surface area contributed by atoms with Crippen molar-refractivity contribution in [2.24, 2.45) is 5.73 Å². The van der Waals surface area contributed by atoms with Gasteiger partial charge in [-0.15, -0.1) is 11.3 Å². The van der Waals surface area contributed by atoms with Crippen molar-refractivity contribution >= 4 is 27.2 Å². The molecule has 2 rings (SSSR count). The first-order valence-corrected chi connectivity index (χ1v) is 5.62. The summed E-state index contributed by atoms with van der Waals surface area (Å²) in [5.41, 5.74) is 5.00. The Balaban J connectivity index is 2.50. The number of ketones is 1. The normalized spacial score (nSPS) is 11.9. The summed E-state index contributed by atoms with van der Waals surface area (Å²) in [6.45, 7) is 3.47. The van der Waals surface area contributed by atoms with Gasteiger partial charge in [0, 0.05) is 4.70 Å². The van der Waals surface area contributed by atoms with Crippen LogP contribution in [0.4, 0.5) is 0 Å². The molecule has 1 aromatic carbocycles. The predicted octanol–water partition coefficient (Wildman–Crippen LogP) is 2.82. The second kappa shape index (κ2) is 3.43. The molecule has 0 fully saturated rings. The first-order valence-electron chi connectivity index (χ1n) is 4.81. The average Bonchev–Trinajstić information content (AvgIpc) is 2.58. The van der Waals surface area contributed by atoms with Crippen LogP contribution >= 0.6 is 11.3 Å². The van der Waals surface area contributed by atoms with Crippen LogP contribution in [-0.2, 0) is 0 Å². The first kappa shape index (κ1) is 10.3. The third-order valence-electron chi connectivity index (χ3n) is 2.23. The molecular weight excluding hydrogens is 206 g/mol. The number of benzene rings is 1. The van der Waals surface area contributed by atoms with Crippen LogP contribution < -0.4 is 5.73 Å². The molecule has 2 nitrogen and oxygen atoms in total. The van der Waals surface area contributed by atoms with Crippen LogP contribution in [0.25, 0.3) is 10.1 Å². The smallest absolute Gasteiger partial charge is 0.191 e. The summed E-state index contributed by atoms with van der Waals surface area (Å²) in [6, 6.07) is 9.88. The highest BCUT2D eigenvalue weighted by Gasteiger charge is 2.24. The highest BCUT2D eigenvalue weighted by Crippen LogP contribution is 2.27. The molecule has 0 saturated carbocycles. The molecule has 0 aliphatic heterocycles. The molecule has 15 heavy (non-hydrogen) atoms. The minimum Gasteiger partial charge on any atom is -0.319 e. The third-order valence-corrected chi connectivity index (χ3v) is 3.35. The van der Waals surface area contributed by atoms with E-state index < -0.39 is 5.54 Å². The molecule has 3 heteroatoms. The molecule has 0 saturated heterocycles. The standard InChI is InChI=1S/C12H13NOS/c1-12(2,13)11(14)10-7-8-5-3-4-6-9(8)15-10/h3-7H,13H2,1-2H3. The van der Waals surface area contributed by atoms with Gasteiger partial charge in [-0.25, -0.2) is 0 Å². The van der Waals surface area contributed by atoms with Gasteiger partial charge in [-0.05, 0) is 31.4 Å². The predicted molar refractivity (Wildman–Crippen MR) is 64.4 cm³/mol. The van der Waals surface area contributed by atoms with E-state index in [0.717, 1.165) is 15.0 Å². The number of thiophene rings is 1. The molecule has 1 aromatic heterocycles. The van der Waals surface area contributed by atoms with E-state index in [1.54, 1.807) is 13.8 Å². The molecule has 0 aliphatic rings. The number of carbonyl (C=O) groups excluding carboxylic acids is 1. The molecular formula is C12H13NOS. The lowest BCUT2D eigenvalue weighted by Gasteiger charge is -2.14. The largest absolute Gasteiger partial charge is 0.319 e. The highest BCUT2D eigenvalue weighted by molar-refractivity contribution is 7.20. The molecule has 0 atom stereocenters. The second-order valence-electron chi connectivity index (χ2n) is 4.20. The zero-order valence-electron chi connectivity index (χ0n) is 8.78. The highest BCUT2D eigenvalue weighted by atomic mass is 32.1. The fourth-order valence-corrected chi connectivity index (χ4v) is 2.58. The Morgan fingerprint density at radius 2 is 2.00 bits per heavy atom. The molecule has 2 N–H and O–H groups in total. The molecule has 0 amide bonds. The van der Waals surface area contributed by atoms with Crippen LogP contribution in [0.15, 0.2) is 30.3 Å². The van der Waals surface area contributed by atoms with E-state index in [1.807, 2.05) is 30.3 Å². The summed E-state index contributed by atoms with van der Waals surface area (Å²) in [5, 5.41) is 1.11. The van der Waals surface area contributed by atoms with E-state index in [2.05, 4.69) is 0 Å². The fraction of sp³-hybridized carbons (Fsp3) is 0.250. The van der Waals surface area contributed by atoms with Crippen LogP contribution in [0, 0.1) is 0 Å². The van der Waals surface area contributed by atoms with Crippen molar-refractivity contribution in [3.8, 4) is 0 Å². The van der Waals surface area contributed by atoms with Crippen molar-refractivity contribution in [1.82, 2.24) is 0 Å². The zero-order chi connectivity index (χ0) is 11.1. The Hall–Kier alpha value is -1.19. The molecule has 0 spiro atoms. The summed E-state index contributed by atoms with van der Waals surface area (Å²) in [7, 11) is 0. The number of rotatable bonds is 2.